The Balaban J connectivity index is 2.65. The van der Waals surface area contributed by atoms with Crippen LogP contribution < -0.4 is 16.8 Å². The second-order valence-corrected chi connectivity index (χ2v) is 6.33. The van der Waals surface area contributed by atoms with Gasteiger partial charge in [-0.1, -0.05) is 0 Å². The van der Waals surface area contributed by atoms with E-state index in [-0.39, 0.29) is 15.4 Å². The van der Waals surface area contributed by atoms with Crippen molar-refractivity contribution in [2.75, 3.05) is 18.5 Å². The fourth-order valence-electron chi connectivity index (χ4n) is 1.87. The second kappa shape index (κ2) is 5.45. The van der Waals surface area contributed by atoms with Gasteiger partial charge < -0.3 is 16.8 Å². The number of benzene rings is 2. The zero-order chi connectivity index (χ0) is 15.6. The predicted octanol–water partition coefficient (Wildman–Crippen LogP) is 1.04. The molecule has 0 aliphatic heterocycles. The molecule has 0 aliphatic rings. The normalized spacial score (nSPS) is 11.1. The highest BCUT2D eigenvalue weighted by molar-refractivity contribution is 7.91. The standard InChI is InChI=1S/C14H15N3O3S/c1-17-14(18)12-8-10(16)4-7-13(12)21(19,20)11-5-2-9(15)3-6-11/h2-8H,15-16H2,1H3,(H,17,18). The lowest BCUT2D eigenvalue weighted by Gasteiger charge is -2.11. The Morgan fingerprint density at radius 3 is 2.14 bits per heavy atom. The van der Waals surface area contributed by atoms with Gasteiger partial charge >= 0.3 is 0 Å². The minimum absolute atomic E-state index is 0.00863. The molecule has 0 bridgehead atoms. The van der Waals surface area contributed by atoms with Crippen LogP contribution in [-0.4, -0.2) is 21.4 Å². The summed E-state index contributed by atoms with van der Waals surface area (Å²) in [5.74, 6) is -0.517. The molecule has 2 aromatic rings. The molecular weight excluding hydrogens is 290 g/mol. The molecular formula is C14H15N3O3S. The van der Waals surface area contributed by atoms with Gasteiger partial charge in [-0.2, -0.15) is 0 Å². The Hall–Kier alpha value is -2.54. The quantitative estimate of drug-likeness (QED) is 0.733. The van der Waals surface area contributed by atoms with Gasteiger partial charge in [0.05, 0.1) is 15.4 Å². The Morgan fingerprint density at radius 2 is 1.57 bits per heavy atom. The molecule has 6 nitrogen and oxygen atoms in total. The van der Waals surface area contributed by atoms with E-state index in [0.717, 1.165) is 0 Å². The topological polar surface area (TPSA) is 115 Å². The third kappa shape index (κ3) is 2.82. The highest BCUT2D eigenvalue weighted by Gasteiger charge is 2.24. The Morgan fingerprint density at radius 1 is 1.00 bits per heavy atom. The summed E-state index contributed by atoms with van der Waals surface area (Å²) >= 11 is 0. The molecule has 0 unspecified atom stereocenters. The van der Waals surface area contributed by atoms with E-state index in [1.807, 2.05) is 0 Å². The molecule has 0 saturated heterocycles. The monoisotopic (exact) mass is 305 g/mol. The summed E-state index contributed by atoms with van der Waals surface area (Å²) in [4.78, 5) is 11.8. The third-order valence-corrected chi connectivity index (χ3v) is 4.78. The minimum atomic E-state index is -3.83. The molecule has 0 heterocycles. The Labute approximate surface area is 122 Å². The van der Waals surface area contributed by atoms with E-state index < -0.39 is 15.7 Å². The first-order valence-corrected chi connectivity index (χ1v) is 7.57. The van der Waals surface area contributed by atoms with Gasteiger partial charge in [-0.3, -0.25) is 4.79 Å². The largest absolute Gasteiger partial charge is 0.399 e. The molecule has 0 spiro atoms. The molecule has 5 N–H and O–H groups in total. The number of anilines is 2. The summed E-state index contributed by atoms with van der Waals surface area (Å²) in [6, 6.07) is 9.88. The maximum atomic E-state index is 12.6. The molecule has 2 rings (SSSR count). The maximum Gasteiger partial charge on any atom is 0.252 e. The van der Waals surface area contributed by atoms with E-state index in [0.29, 0.717) is 11.4 Å². The second-order valence-electron chi connectivity index (χ2n) is 4.41. The van der Waals surface area contributed by atoms with E-state index >= 15 is 0 Å². The van der Waals surface area contributed by atoms with Crippen molar-refractivity contribution >= 4 is 27.1 Å². The Bertz CT molecular complexity index is 784. The van der Waals surface area contributed by atoms with Gasteiger partial charge in [0, 0.05) is 18.4 Å². The first-order valence-electron chi connectivity index (χ1n) is 6.08. The zero-order valence-electron chi connectivity index (χ0n) is 11.3. The van der Waals surface area contributed by atoms with Crippen LogP contribution in [0.1, 0.15) is 10.4 Å². The number of rotatable bonds is 3. The average molecular weight is 305 g/mol. The van der Waals surface area contributed by atoms with E-state index in [4.69, 9.17) is 11.5 Å². The van der Waals surface area contributed by atoms with Crippen molar-refractivity contribution in [2.24, 2.45) is 0 Å². The molecule has 0 radical (unpaired) electrons. The van der Waals surface area contributed by atoms with Crippen LogP contribution in [0, 0.1) is 0 Å². The molecule has 1 amide bonds. The summed E-state index contributed by atoms with van der Waals surface area (Å²) in [5, 5.41) is 2.40. The van der Waals surface area contributed by atoms with Gasteiger partial charge in [-0.25, -0.2) is 8.42 Å². The van der Waals surface area contributed by atoms with E-state index in [2.05, 4.69) is 5.32 Å². The number of nitrogen functional groups attached to an aromatic ring is 2. The van der Waals surface area contributed by atoms with Crippen LogP contribution in [0.5, 0.6) is 0 Å². The van der Waals surface area contributed by atoms with Crippen LogP contribution in [0.25, 0.3) is 0 Å². The molecule has 2 aromatic carbocycles. The van der Waals surface area contributed by atoms with Crippen molar-refractivity contribution < 1.29 is 13.2 Å². The van der Waals surface area contributed by atoms with Crippen LogP contribution in [-0.2, 0) is 9.84 Å². The lowest BCUT2D eigenvalue weighted by atomic mass is 10.2. The Kier molecular flexibility index (Phi) is 3.86. The summed E-state index contributed by atoms with van der Waals surface area (Å²) < 4.78 is 25.3. The SMILES string of the molecule is CNC(=O)c1cc(N)ccc1S(=O)(=O)c1ccc(N)cc1. The summed E-state index contributed by atoms with van der Waals surface area (Å²) in [5.41, 5.74) is 12.0. The smallest absolute Gasteiger partial charge is 0.252 e. The molecule has 0 aromatic heterocycles. The number of carbonyl (C=O) groups is 1. The predicted molar refractivity (Wildman–Crippen MR) is 80.6 cm³/mol. The van der Waals surface area contributed by atoms with Crippen LogP contribution in [0.15, 0.2) is 52.3 Å². The minimum Gasteiger partial charge on any atom is -0.399 e. The summed E-state index contributed by atoms with van der Waals surface area (Å²) in [7, 11) is -2.41. The van der Waals surface area contributed by atoms with E-state index in [9.17, 15) is 13.2 Å². The number of sulfone groups is 1. The van der Waals surface area contributed by atoms with Crippen molar-refractivity contribution in [1.82, 2.24) is 5.32 Å². The van der Waals surface area contributed by atoms with Gasteiger partial charge in [0.2, 0.25) is 9.84 Å². The van der Waals surface area contributed by atoms with Gasteiger partial charge in [-0.05, 0) is 42.5 Å². The van der Waals surface area contributed by atoms with Crippen LogP contribution >= 0.6 is 0 Å². The molecule has 0 atom stereocenters. The lowest BCUT2D eigenvalue weighted by molar-refractivity contribution is 0.0960. The van der Waals surface area contributed by atoms with Crippen molar-refractivity contribution in [3.05, 3.63) is 48.0 Å². The summed E-state index contributed by atoms with van der Waals surface area (Å²) in [6.07, 6.45) is 0. The van der Waals surface area contributed by atoms with Crippen LogP contribution in [0.2, 0.25) is 0 Å². The van der Waals surface area contributed by atoms with Gasteiger partial charge in [-0.15, -0.1) is 0 Å². The van der Waals surface area contributed by atoms with E-state index in [1.165, 1.54) is 49.5 Å². The molecule has 0 fully saturated rings. The van der Waals surface area contributed by atoms with Crippen LogP contribution in [0.3, 0.4) is 0 Å². The number of hydrogen-bond acceptors (Lipinski definition) is 5. The first-order chi connectivity index (χ1) is 9.86. The number of nitrogens with one attached hydrogen (secondary N) is 1. The van der Waals surface area contributed by atoms with E-state index in [1.54, 1.807) is 0 Å². The van der Waals surface area contributed by atoms with Crippen molar-refractivity contribution in [3.63, 3.8) is 0 Å². The summed E-state index contributed by atoms with van der Waals surface area (Å²) in [6.45, 7) is 0. The molecule has 21 heavy (non-hydrogen) atoms. The lowest BCUT2D eigenvalue weighted by Crippen LogP contribution is -2.21. The highest BCUT2D eigenvalue weighted by atomic mass is 32.2. The van der Waals surface area contributed by atoms with Crippen molar-refractivity contribution in [2.45, 2.75) is 9.79 Å². The molecule has 110 valence electrons. The van der Waals surface area contributed by atoms with Gasteiger partial charge in [0.25, 0.3) is 5.91 Å². The first kappa shape index (κ1) is 14.9. The number of amides is 1. The number of carbonyl (C=O) groups excluding carboxylic acids is 1. The maximum absolute atomic E-state index is 12.6. The van der Waals surface area contributed by atoms with Gasteiger partial charge in [0.1, 0.15) is 0 Å². The third-order valence-electron chi connectivity index (χ3n) is 2.96. The number of nitrogens with two attached hydrogens (primary N) is 2. The van der Waals surface area contributed by atoms with Crippen LogP contribution in [0.4, 0.5) is 11.4 Å². The van der Waals surface area contributed by atoms with Crippen molar-refractivity contribution in [1.29, 1.82) is 0 Å². The molecule has 7 heteroatoms. The van der Waals surface area contributed by atoms with Crippen molar-refractivity contribution in [3.8, 4) is 0 Å². The molecule has 0 aliphatic carbocycles. The highest BCUT2D eigenvalue weighted by Crippen LogP contribution is 2.26. The van der Waals surface area contributed by atoms with Gasteiger partial charge in [0.15, 0.2) is 0 Å². The average Bonchev–Trinajstić information content (AvgIpc) is 2.46. The molecule has 0 saturated carbocycles. The fourth-order valence-corrected chi connectivity index (χ4v) is 3.30. The zero-order valence-corrected chi connectivity index (χ0v) is 12.1. The number of hydrogen-bond donors (Lipinski definition) is 3. The fraction of sp³-hybridized carbons (Fsp3) is 0.0714.